The van der Waals surface area contributed by atoms with Crippen LogP contribution in [0.2, 0.25) is 0 Å². The maximum Gasteiger partial charge on any atom is 0.253 e. The van der Waals surface area contributed by atoms with Gasteiger partial charge in [0.25, 0.3) is 5.91 Å². The van der Waals surface area contributed by atoms with Gasteiger partial charge in [-0.2, -0.15) is 5.11 Å². The SMILES string of the molecule is O=C(c1ccc(C#CCN2N=NCc3ccccc32)cc1)N1CCC(O)CC1. The highest BCUT2D eigenvalue weighted by atomic mass is 16.3. The van der Waals surface area contributed by atoms with Gasteiger partial charge in [-0.15, -0.1) is 0 Å². The molecular weight excluding hydrogens is 352 g/mol. The third kappa shape index (κ3) is 4.05. The number of hydrogen-bond acceptors (Lipinski definition) is 5. The average molecular weight is 374 g/mol. The van der Waals surface area contributed by atoms with Crippen LogP contribution < -0.4 is 5.01 Å². The molecule has 4 rings (SSSR count). The van der Waals surface area contributed by atoms with Crippen LogP contribution in [-0.4, -0.2) is 41.7 Å². The van der Waals surface area contributed by atoms with Crippen molar-refractivity contribution in [3.63, 3.8) is 0 Å². The molecule has 6 heteroatoms. The second-order valence-corrected chi connectivity index (χ2v) is 6.98. The molecule has 0 radical (unpaired) electrons. The van der Waals surface area contributed by atoms with E-state index in [1.165, 1.54) is 0 Å². The molecule has 0 bridgehead atoms. The topological polar surface area (TPSA) is 68.5 Å². The number of aliphatic hydroxyl groups is 1. The quantitative estimate of drug-likeness (QED) is 0.822. The van der Waals surface area contributed by atoms with Crippen LogP contribution >= 0.6 is 0 Å². The van der Waals surface area contributed by atoms with E-state index in [0.717, 1.165) is 16.8 Å². The summed E-state index contributed by atoms with van der Waals surface area (Å²) in [5.41, 5.74) is 3.69. The number of carbonyl (C=O) groups excluding carboxylic acids is 1. The number of carbonyl (C=O) groups is 1. The second kappa shape index (κ2) is 8.24. The van der Waals surface area contributed by atoms with E-state index in [1.807, 2.05) is 48.5 Å². The Kier molecular flexibility index (Phi) is 5.36. The van der Waals surface area contributed by atoms with Gasteiger partial charge in [0.15, 0.2) is 0 Å². The summed E-state index contributed by atoms with van der Waals surface area (Å²) in [5.74, 6) is 6.26. The Bertz CT molecular complexity index is 935. The molecule has 6 nitrogen and oxygen atoms in total. The highest BCUT2D eigenvalue weighted by molar-refractivity contribution is 5.94. The van der Waals surface area contributed by atoms with Gasteiger partial charge in [-0.1, -0.05) is 35.3 Å². The van der Waals surface area contributed by atoms with Crippen molar-refractivity contribution in [2.75, 3.05) is 24.6 Å². The Morgan fingerprint density at radius 2 is 1.86 bits per heavy atom. The Hall–Kier alpha value is -3.17. The Labute approximate surface area is 164 Å². The molecule has 1 amide bonds. The van der Waals surface area contributed by atoms with Crippen molar-refractivity contribution < 1.29 is 9.90 Å². The fraction of sp³-hybridized carbons (Fsp3) is 0.318. The van der Waals surface area contributed by atoms with E-state index >= 15 is 0 Å². The first-order chi connectivity index (χ1) is 13.7. The zero-order chi connectivity index (χ0) is 19.3. The summed E-state index contributed by atoms with van der Waals surface area (Å²) in [5, 5.41) is 19.7. The normalized spacial score (nSPS) is 16.3. The van der Waals surface area contributed by atoms with E-state index in [0.29, 0.717) is 44.6 Å². The monoisotopic (exact) mass is 374 g/mol. The van der Waals surface area contributed by atoms with Crippen LogP contribution in [0.1, 0.15) is 34.3 Å². The van der Waals surface area contributed by atoms with Crippen molar-refractivity contribution in [3.8, 4) is 11.8 Å². The van der Waals surface area contributed by atoms with Crippen molar-refractivity contribution in [2.24, 2.45) is 10.3 Å². The third-order valence-corrected chi connectivity index (χ3v) is 5.03. The molecule has 2 aliphatic rings. The molecule has 0 saturated carbocycles. The molecule has 0 aromatic heterocycles. The molecule has 142 valence electrons. The first-order valence-electron chi connectivity index (χ1n) is 9.50. The minimum Gasteiger partial charge on any atom is -0.393 e. The summed E-state index contributed by atoms with van der Waals surface area (Å²) in [4.78, 5) is 14.3. The van der Waals surface area contributed by atoms with Gasteiger partial charge in [0, 0.05) is 29.8 Å². The molecule has 0 spiro atoms. The maximum absolute atomic E-state index is 12.5. The molecule has 1 saturated heterocycles. The van der Waals surface area contributed by atoms with Crippen LogP contribution in [-0.2, 0) is 6.54 Å². The number of hydrogen-bond donors (Lipinski definition) is 1. The number of likely N-dealkylation sites (tertiary alicyclic amines) is 1. The van der Waals surface area contributed by atoms with Crippen LogP contribution in [0.4, 0.5) is 5.69 Å². The lowest BCUT2D eigenvalue weighted by Crippen LogP contribution is -2.40. The third-order valence-electron chi connectivity index (χ3n) is 5.03. The van der Waals surface area contributed by atoms with Crippen LogP contribution in [0.25, 0.3) is 0 Å². The number of para-hydroxylation sites is 1. The number of benzene rings is 2. The molecule has 2 aromatic carbocycles. The van der Waals surface area contributed by atoms with Gasteiger partial charge >= 0.3 is 0 Å². The van der Waals surface area contributed by atoms with Crippen LogP contribution in [0, 0.1) is 11.8 Å². The van der Waals surface area contributed by atoms with E-state index in [-0.39, 0.29) is 12.0 Å². The standard InChI is InChI=1S/C22H22N4O2/c27-20-11-14-25(15-12-20)22(28)18-9-7-17(8-10-18)4-3-13-26-21-6-2-1-5-19(21)16-23-24-26/h1-2,5-10,20,27H,11-16H2. The minimum atomic E-state index is -0.284. The lowest BCUT2D eigenvalue weighted by Gasteiger charge is -2.29. The Morgan fingerprint density at radius 3 is 2.64 bits per heavy atom. The van der Waals surface area contributed by atoms with Crippen molar-refractivity contribution in [1.82, 2.24) is 4.90 Å². The number of amides is 1. The van der Waals surface area contributed by atoms with Crippen LogP contribution in [0.3, 0.4) is 0 Å². The predicted octanol–water partition coefficient (Wildman–Crippen LogP) is 3.02. The fourth-order valence-electron chi connectivity index (χ4n) is 3.41. The molecular formula is C22H22N4O2. The van der Waals surface area contributed by atoms with Gasteiger partial charge in [-0.05, 0) is 43.2 Å². The molecule has 0 atom stereocenters. The van der Waals surface area contributed by atoms with Gasteiger partial charge in [0.05, 0.1) is 18.3 Å². The lowest BCUT2D eigenvalue weighted by atomic mass is 10.1. The number of piperidine rings is 1. The van der Waals surface area contributed by atoms with E-state index < -0.39 is 0 Å². The number of rotatable bonds is 2. The molecule has 2 heterocycles. The van der Waals surface area contributed by atoms with Crippen LogP contribution in [0.15, 0.2) is 58.9 Å². The molecule has 2 aromatic rings. The van der Waals surface area contributed by atoms with E-state index in [2.05, 4.69) is 22.2 Å². The fourth-order valence-corrected chi connectivity index (χ4v) is 3.41. The highest BCUT2D eigenvalue weighted by Crippen LogP contribution is 2.25. The van der Waals surface area contributed by atoms with Crippen molar-refractivity contribution in [1.29, 1.82) is 0 Å². The highest BCUT2D eigenvalue weighted by Gasteiger charge is 2.22. The summed E-state index contributed by atoms with van der Waals surface area (Å²) >= 11 is 0. The van der Waals surface area contributed by atoms with Crippen molar-refractivity contribution in [2.45, 2.75) is 25.5 Å². The Balaban J connectivity index is 1.38. The van der Waals surface area contributed by atoms with Gasteiger partial charge in [0.2, 0.25) is 0 Å². The largest absolute Gasteiger partial charge is 0.393 e. The number of fused-ring (bicyclic) bond motifs is 1. The first-order valence-corrected chi connectivity index (χ1v) is 9.50. The zero-order valence-corrected chi connectivity index (χ0v) is 15.6. The number of anilines is 1. The second-order valence-electron chi connectivity index (χ2n) is 6.98. The molecule has 2 aliphatic heterocycles. The summed E-state index contributed by atoms with van der Waals surface area (Å²) in [6, 6.07) is 15.4. The van der Waals surface area contributed by atoms with Gasteiger partial charge in [-0.3, -0.25) is 4.79 Å². The van der Waals surface area contributed by atoms with Gasteiger partial charge in [0.1, 0.15) is 6.54 Å². The molecule has 1 fully saturated rings. The van der Waals surface area contributed by atoms with Crippen LogP contribution in [0.5, 0.6) is 0 Å². The van der Waals surface area contributed by atoms with Crippen molar-refractivity contribution >= 4 is 11.6 Å². The lowest BCUT2D eigenvalue weighted by molar-refractivity contribution is 0.0546. The average Bonchev–Trinajstić information content (AvgIpc) is 2.74. The van der Waals surface area contributed by atoms with E-state index in [4.69, 9.17) is 0 Å². The van der Waals surface area contributed by atoms with Crippen molar-refractivity contribution in [3.05, 3.63) is 65.2 Å². The van der Waals surface area contributed by atoms with E-state index in [9.17, 15) is 9.90 Å². The maximum atomic E-state index is 12.5. The predicted molar refractivity (Wildman–Crippen MR) is 107 cm³/mol. The summed E-state index contributed by atoms with van der Waals surface area (Å²) < 4.78 is 0. The molecule has 0 aliphatic carbocycles. The first kappa shape index (κ1) is 18.2. The summed E-state index contributed by atoms with van der Waals surface area (Å²) in [7, 11) is 0. The Morgan fingerprint density at radius 1 is 1.11 bits per heavy atom. The molecule has 28 heavy (non-hydrogen) atoms. The number of aliphatic hydroxyl groups excluding tert-OH is 1. The van der Waals surface area contributed by atoms with Gasteiger partial charge < -0.3 is 10.0 Å². The smallest absolute Gasteiger partial charge is 0.253 e. The zero-order valence-electron chi connectivity index (χ0n) is 15.6. The molecule has 0 unspecified atom stereocenters. The van der Waals surface area contributed by atoms with Gasteiger partial charge in [-0.25, -0.2) is 5.01 Å². The summed E-state index contributed by atoms with van der Waals surface area (Å²) in [6.07, 6.45) is 1.01. The minimum absolute atomic E-state index is 0.0109. The van der Waals surface area contributed by atoms with E-state index in [1.54, 1.807) is 9.91 Å². The molecule has 1 N–H and O–H groups in total. The number of nitrogens with zero attached hydrogens (tertiary/aromatic N) is 4. The summed E-state index contributed by atoms with van der Waals surface area (Å²) in [6.45, 7) is 2.27.